The lowest BCUT2D eigenvalue weighted by molar-refractivity contribution is -0.870. The molecule has 0 aromatic rings. The van der Waals surface area contributed by atoms with Crippen LogP contribution in [-0.4, -0.2) is 70.7 Å². The van der Waals surface area contributed by atoms with Crippen molar-refractivity contribution in [1.29, 1.82) is 0 Å². The van der Waals surface area contributed by atoms with E-state index in [9.17, 15) is 14.3 Å². The Bertz CT molecular complexity index is 858. The number of phosphoric ester groups is 1. The zero-order chi connectivity index (χ0) is 37.0. The van der Waals surface area contributed by atoms with E-state index in [0.29, 0.717) is 24.1 Å². The minimum absolute atomic E-state index is 0.0242. The minimum Gasteiger partial charge on any atom is -0.756 e. The van der Waals surface area contributed by atoms with Gasteiger partial charge < -0.3 is 27.9 Å². The monoisotopic (exact) mass is 730 g/mol. The maximum atomic E-state index is 12.6. The van der Waals surface area contributed by atoms with Crippen molar-refractivity contribution in [3.63, 3.8) is 0 Å². The van der Waals surface area contributed by atoms with Crippen LogP contribution in [0, 0.1) is 0 Å². The number of phosphoric acid groups is 1. The molecule has 0 rings (SSSR count). The van der Waals surface area contributed by atoms with Crippen molar-refractivity contribution < 1.29 is 37.3 Å². The normalized spacial score (nSPS) is 14.1. The molecule has 0 fully saturated rings. The first-order valence-electron chi connectivity index (χ1n) is 20.6. The molecule has 8 nitrogen and oxygen atoms in total. The smallest absolute Gasteiger partial charge is 0.306 e. The molecule has 2 atom stereocenters. The van der Waals surface area contributed by atoms with E-state index in [2.05, 4.69) is 38.2 Å². The van der Waals surface area contributed by atoms with Crippen LogP contribution in [0.4, 0.5) is 0 Å². The van der Waals surface area contributed by atoms with Crippen LogP contribution in [0.5, 0.6) is 0 Å². The summed E-state index contributed by atoms with van der Waals surface area (Å²) in [5.41, 5.74) is 0. The second kappa shape index (κ2) is 35.0. The number of esters is 1. The molecule has 50 heavy (non-hydrogen) atoms. The fourth-order valence-corrected chi connectivity index (χ4v) is 6.19. The van der Waals surface area contributed by atoms with E-state index in [0.717, 1.165) is 44.9 Å². The van der Waals surface area contributed by atoms with Gasteiger partial charge in [-0.2, -0.15) is 0 Å². The quantitative estimate of drug-likeness (QED) is 0.0205. The van der Waals surface area contributed by atoms with Gasteiger partial charge in [-0.25, -0.2) is 0 Å². The molecule has 0 radical (unpaired) electrons. The summed E-state index contributed by atoms with van der Waals surface area (Å²) in [5.74, 6) is -0.345. The molecule has 0 spiro atoms. The van der Waals surface area contributed by atoms with E-state index in [1.165, 1.54) is 109 Å². The largest absolute Gasteiger partial charge is 0.756 e. The van der Waals surface area contributed by atoms with Crippen LogP contribution in [0.3, 0.4) is 0 Å². The first-order valence-corrected chi connectivity index (χ1v) is 22.0. The minimum atomic E-state index is -4.52. The van der Waals surface area contributed by atoms with Crippen molar-refractivity contribution in [2.75, 3.05) is 54.1 Å². The number of rotatable bonds is 38. The summed E-state index contributed by atoms with van der Waals surface area (Å²) in [6, 6.07) is 0. The molecule has 0 saturated carbocycles. The van der Waals surface area contributed by atoms with Gasteiger partial charge in [0.2, 0.25) is 0 Å². The number of hydrogen-bond donors (Lipinski definition) is 0. The molecule has 0 heterocycles. The van der Waals surface area contributed by atoms with Crippen LogP contribution in [0.1, 0.15) is 174 Å². The molecule has 0 aromatic heterocycles. The molecule has 296 valence electrons. The van der Waals surface area contributed by atoms with Gasteiger partial charge in [0.15, 0.2) is 0 Å². The van der Waals surface area contributed by atoms with Crippen LogP contribution in [0.2, 0.25) is 0 Å². The first kappa shape index (κ1) is 49.0. The zero-order valence-electron chi connectivity index (χ0n) is 33.4. The molecular formula is C41H80NO7P. The SMILES string of the molecule is CCCC/C=C\CCCCCCCCOCC(COP(=O)([O-])OCC[N+](C)(C)C)OC(=O)CCCCCCC/C=C\CCCCCCCCC. The highest BCUT2D eigenvalue weighted by Gasteiger charge is 2.20. The summed E-state index contributed by atoms with van der Waals surface area (Å²) in [7, 11) is 1.35. The van der Waals surface area contributed by atoms with Gasteiger partial charge in [-0.15, -0.1) is 0 Å². The van der Waals surface area contributed by atoms with Crippen molar-refractivity contribution in [3.8, 4) is 0 Å². The Morgan fingerprint density at radius 3 is 1.58 bits per heavy atom. The van der Waals surface area contributed by atoms with E-state index in [1.54, 1.807) is 0 Å². The Hall–Kier alpha value is -1.02. The van der Waals surface area contributed by atoms with Crippen molar-refractivity contribution in [2.24, 2.45) is 0 Å². The summed E-state index contributed by atoms with van der Waals surface area (Å²) >= 11 is 0. The second-order valence-electron chi connectivity index (χ2n) is 15.0. The number of quaternary nitrogens is 1. The Morgan fingerprint density at radius 2 is 1.06 bits per heavy atom. The van der Waals surface area contributed by atoms with Gasteiger partial charge in [0.25, 0.3) is 7.82 Å². The third-order valence-corrected chi connectivity index (χ3v) is 9.69. The number of unbranched alkanes of at least 4 members (excludes halogenated alkanes) is 20. The predicted molar refractivity (Wildman–Crippen MR) is 208 cm³/mol. The maximum Gasteiger partial charge on any atom is 0.306 e. The van der Waals surface area contributed by atoms with Crippen LogP contribution < -0.4 is 4.89 Å². The summed E-state index contributed by atoms with van der Waals surface area (Å²) in [4.78, 5) is 25.0. The van der Waals surface area contributed by atoms with E-state index in [1.807, 2.05) is 21.1 Å². The lowest BCUT2D eigenvalue weighted by Crippen LogP contribution is -2.37. The van der Waals surface area contributed by atoms with Gasteiger partial charge >= 0.3 is 5.97 Å². The van der Waals surface area contributed by atoms with E-state index in [4.69, 9.17) is 18.5 Å². The van der Waals surface area contributed by atoms with Crippen molar-refractivity contribution in [1.82, 2.24) is 0 Å². The zero-order valence-corrected chi connectivity index (χ0v) is 34.2. The average molecular weight is 730 g/mol. The third-order valence-electron chi connectivity index (χ3n) is 8.73. The van der Waals surface area contributed by atoms with Crippen molar-refractivity contribution >= 4 is 13.8 Å². The lowest BCUT2D eigenvalue weighted by Gasteiger charge is -2.28. The van der Waals surface area contributed by atoms with Gasteiger partial charge in [-0.3, -0.25) is 9.36 Å². The number of carbonyl (C=O) groups excluding carboxylic acids is 1. The number of likely N-dealkylation sites (N-methyl/N-ethyl adjacent to an activating group) is 1. The molecule has 0 bridgehead atoms. The molecule has 0 N–H and O–H groups in total. The van der Waals surface area contributed by atoms with Crippen LogP contribution in [-0.2, 0) is 27.9 Å². The lowest BCUT2D eigenvalue weighted by atomic mass is 10.1. The van der Waals surface area contributed by atoms with Crippen LogP contribution in [0.15, 0.2) is 24.3 Å². The molecule has 0 aliphatic carbocycles. The molecular weight excluding hydrogens is 649 g/mol. The summed E-state index contributed by atoms with van der Waals surface area (Å²) in [6.45, 7) is 5.35. The van der Waals surface area contributed by atoms with Gasteiger partial charge in [0.1, 0.15) is 19.3 Å². The van der Waals surface area contributed by atoms with Gasteiger partial charge in [0.05, 0.1) is 34.4 Å². The Morgan fingerprint density at radius 1 is 0.600 bits per heavy atom. The molecule has 9 heteroatoms. The van der Waals surface area contributed by atoms with Crippen molar-refractivity contribution in [3.05, 3.63) is 24.3 Å². The van der Waals surface area contributed by atoms with Gasteiger partial charge in [-0.1, -0.05) is 134 Å². The van der Waals surface area contributed by atoms with Crippen LogP contribution in [0.25, 0.3) is 0 Å². The van der Waals surface area contributed by atoms with E-state index >= 15 is 0 Å². The maximum absolute atomic E-state index is 12.6. The highest BCUT2D eigenvalue weighted by atomic mass is 31.2. The second-order valence-corrected chi connectivity index (χ2v) is 16.4. The number of ether oxygens (including phenoxy) is 2. The molecule has 0 amide bonds. The number of nitrogens with zero attached hydrogens (tertiary/aromatic N) is 1. The van der Waals surface area contributed by atoms with E-state index < -0.39 is 13.9 Å². The topological polar surface area (TPSA) is 94.1 Å². The number of carbonyl (C=O) groups is 1. The summed E-state index contributed by atoms with van der Waals surface area (Å²) in [5, 5.41) is 0. The van der Waals surface area contributed by atoms with Crippen molar-refractivity contribution in [2.45, 2.75) is 180 Å². The highest BCUT2D eigenvalue weighted by Crippen LogP contribution is 2.38. The summed E-state index contributed by atoms with van der Waals surface area (Å²) in [6.07, 6.45) is 37.5. The fourth-order valence-electron chi connectivity index (χ4n) is 5.46. The number of allylic oxidation sites excluding steroid dienone is 4. The van der Waals surface area contributed by atoms with Gasteiger partial charge in [0, 0.05) is 13.0 Å². The Kier molecular flexibility index (Phi) is 34.3. The fraction of sp³-hybridized carbons (Fsp3) is 0.878. The molecule has 0 aromatic carbocycles. The number of hydrogen-bond acceptors (Lipinski definition) is 7. The Balaban J connectivity index is 4.27. The third kappa shape index (κ3) is 38.2. The predicted octanol–water partition coefficient (Wildman–Crippen LogP) is 11.0. The average Bonchev–Trinajstić information content (AvgIpc) is 3.06. The highest BCUT2D eigenvalue weighted by molar-refractivity contribution is 7.45. The van der Waals surface area contributed by atoms with E-state index in [-0.39, 0.29) is 25.8 Å². The Labute approximate surface area is 309 Å². The van der Waals surface area contributed by atoms with Crippen LogP contribution >= 0.6 is 7.82 Å². The summed E-state index contributed by atoms with van der Waals surface area (Å²) < 4.78 is 34.5. The molecule has 0 saturated heterocycles. The molecule has 2 unspecified atom stereocenters. The molecule has 0 aliphatic rings. The standard InChI is InChI=1S/C41H80NO7P/c1-6-8-10-12-14-16-18-20-21-22-23-24-26-28-30-32-34-41(43)49-40(39-48-50(44,45)47-37-35-42(3,4)5)38-46-36-33-31-29-27-25-19-17-15-13-11-9-7-2/h13,15,21-22,40H,6-12,14,16-20,23-39H2,1-5H3/b15-13-,22-21-. The molecule has 0 aliphatic heterocycles. The first-order chi connectivity index (χ1) is 24.1. The van der Waals surface area contributed by atoms with Gasteiger partial charge in [-0.05, 0) is 57.8 Å².